The van der Waals surface area contributed by atoms with Crippen molar-refractivity contribution in [1.29, 1.82) is 0 Å². The summed E-state index contributed by atoms with van der Waals surface area (Å²) in [6.07, 6.45) is 0. The number of carboxylic acid groups (broad SMARTS) is 1. The Balaban J connectivity index is 2.76. The first-order valence-corrected chi connectivity index (χ1v) is 4.62. The number of benzene rings is 1. The number of alkyl halides is 2. The van der Waals surface area contributed by atoms with Crippen molar-refractivity contribution in [3.05, 3.63) is 23.9 Å². The average Bonchev–Trinajstić information content (AvgIpc) is 2.67. The summed E-state index contributed by atoms with van der Waals surface area (Å²) < 4.78 is 30.5. The molecule has 0 fully saturated rings. The first-order chi connectivity index (χ1) is 8.04. The van der Waals surface area contributed by atoms with Gasteiger partial charge in [-0.15, -0.1) is 0 Å². The highest BCUT2D eigenvalue weighted by atomic mass is 19.3. The van der Waals surface area contributed by atoms with E-state index in [2.05, 4.69) is 5.10 Å². The average molecular weight is 242 g/mol. The van der Waals surface area contributed by atoms with E-state index in [-0.39, 0.29) is 10.9 Å². The number of hydrogen-bond acceptors (Lipinski definition) is 3. The molecule has 0 radical (unpaired) electrons. The van der Waals surface area contributed by atoms with Crippen molar-refractivity contribution in [2.75, 3.05) is 7.11 Å². The summed E-state index contributed by atoms with van der Waals surface area (Å²) in [7, 11) is 1.40. The number of rotatable bonds is 3. The highest BCUT2D eigenvalue weighted by molar-refractivity contribution is 6.01. The summed E-state index contributed by atoms with van der Waals surface area (Å²) in [5.74, 6) is -0.975. The minimum Gasteiger partial charge on any atom is -0.497 e. The minimum atomic E-state index is -2.89. The Morgan fingerprint density at radius 2 is 2.24 bits per heavy atom. The van der Waals surface area contributed by atoms with Crippen LogP contribution in [0.5, 0.6) is 5.75 Å². The molecular formula is C10H8F2N2O3. The molecule has 1 aromatic heterocycles. The Hall–Kier alpha value is -2.18. The Labute approximate surface area is 94.2 Å². The second kappa shape index (κ2) is 4.00. The van der Waals surface area contributed by atoms with Gasteiger partial charge in [-0.05, 0) is 18.2 Å². The molecule has 7 heteroatoms. The third kappa shape index (κ3) is 1.79. The molecule has 0 saturated heterocycles. The highest BCUT2D eigenvalue weighted by Gasteiger charge is 2.20. The van der Waals surface area contributed by atoms with E-state index in [0.717, 1.165) is 0 Å². The zero-order chi connectivity index (χ0) is 12.6. The fourth-order valence-electron chi connectivity index (χ4n) is 1.55. The van der Waals surface area contributed by atoms with Crippen molar-refractivity contribution in [3.63, 3.8) is 0 Å². The SMILES string of the molecule is COc1ccc2c(c1)c(C(=O)O)nn2C(F)F. The van der Waals surface area contributed by atoms with E-state index in [0.29, 0.717) is 10.4 Å². The second-order valence-corrected chi connectivity index (χ2v) is 3.26. The van der Waals surface area contributed by atoms with Gasteiger partial charge in [-0.3, -0.25) is 0 Å². The molecular weight excluding hydrogens is 234 g/mol. The maximum Gasteiger partial charge on any atom is 0.357 e. The fourth-order valence-corrected chi connectivity index (χ4v) is 1.55. The molecule has 0 aliphatic rings. The number of aromatic nitrogens is 2. The molecule has 90 valence electrons. The lowest BCUT2D eigenvalue weighted by atomic mass is 10.2. The normalized spacial score (nSPS) is 11.1. The van der Waals surface area contributed by atoms with Crippen LogP contribution >= 0.6 is 0 Å². The van der Waals surface area contributed by atoms with E-state index >= 15 is 0 Å². The molecule has 5 nitrogen and oxygen atoms in total. The lowest BCUT2D eigenvalue weighted by Gasteiger charge is -2.01. The molecule has 0 aliphatic heterocycles. The zero-order valence-corrected chi connectivity index (χ0v) is 8.72. The molecule has 0 unspecified atom stereocenters. The highest BCUT2D eigenvalue weighted by Crippen LogP contribution is 2.27. The van der Waals surface area contributed by atoms with Gasteiger partial charge in [-0.2, -0.15) is 13.9 Å². The van der Waals surface area contributed by atoms with Crippen LogP contribution in [0, 0.1) is 0 Å². The van der Waals surface area contributed by atoms with Crippen molar-refractivity contribution >= 4 is 16.9 Å². The summed E-state index contributed by atoms with van der Waals surface area (Å²) in [5.41, 5.74) is -0.364. The molecule has 1 heterocycles. The Bertz CT molecular complexity index is 580. The van der Waals surface area contributed by atoms with Crippen LogP contribution in [0.1, 0.15) is 17.0 Å². The van der Waals surface area contributed by atoms with Crippen LogP contribution in [0.2, 0.25) is 0 Å². The number of aromatic carboxylic acids is 1. The van der Waals surface area contributed by atoms with E-state index in [1.807, 2.05) is 0 Å². The van der Waals surface area contributed by atoms with Crippen molar-refractivity contribution in [2.24, 2.45) is 0 Å². The molecule has 1 aromatic carbocycles. The summed E-state index contributed by atoms with van der Waals surface area (Å²) in [5, 5.41) is 12.4. The fraction of sp³-hybridized carbons (Fsp3) is 0.200. The number of halogens is 2. The van der Waals surface area contributed by atoms with Gasteiger partial charge in [0.15, 0.2) is 5.69 Å². The quantitative estimate of drug-likeness (QED) is 0.895. The van der Waals surface area contributed by atoms with Gasteiger partial charge in [0.25, 0.3) is 0 Å². The minimum absolute atomic E-state index is 0.0539. The first-order valence-electron chi connectivity index (χ1n) is 4.62. The summed E-state index contributed by atoms with van der Waals surface area (Å²) in [4.78, 5) is 10.9. The van der Waals surface area contributed by atoms with Gasteiger partial charge < -0.3 is 9.84 Å². The van der Waals surface area contributed by atoms with E-state index in [1.165, 1.54) is 25.3 Å². The van der Waals surface area contributed by atoms with Crippen molar-refractivity contribution in [1.82, 2.24) is 9.78 Å². The van der Waals surface area contributed by atoms with Gasteiger partial charge in [0, 0.05) is 5.39 Å². The van der Waals surface area contributed by atoms with Crippen LogP contribution in [-0.2, 0) is 0 Å². The molecule has 17 heavy (non-hydrogen) atoms. The number of ether oxygens (including phenoxy) is 1. The van der Waals surface area contributed by atoms with Crippen molar-refractivity contribution in [3.8, 4) is 5.75 Å². The van der Waals surface area contributed by atoms with Crippen molar-refractivity contribution < 1.29 is 23.4 Å². The van der Waals surface area contributed by atoms with E-state index < -0.39 is 18.2 Å². The number of carboxylic acids is 1. The third-order valence-corrected chi connectivity index (χ3v) is 2.30. The largest absolute Gasteiger partial charge is 0.497 e. The van der Waals surface area contributed by atoms with Gasteiger partial charge in [-0.25, -0.2) is 9.48 Å². The monoisotopic (exact) mass is 242 g/mol. The maximum atomic E-state index is 12.6. The van der Waals surface area contributed by atoms with Crippen LogP contribution in [0.3, 0.4) is 0 Å². The van der Waals surface area contributed by atoms with Gasteiger partial charge in [0.2, 0.25) is 0 Å². The van der Waals surface area contributed by atoms with Gasteiger partial charge in [-0.1, -0.05) is 0 Å². The number of hydrogen-bond donors (Lipinski definition) is 1. The van der Waals surface area contributed by atoms with Crippen LogP contribution in [0.15, 0.2) is 18.2 Å². The van der Waals surface area contributed by atoms with Gasteiger partial charge >= 0.3 is 12.5 Å². The van der Waals surface area contributed by atoms with Gasteiger partial charge in [0.05, 0.1) is 12.6 Å². The van der Waals surface area contributed by atoms with E-state index in [9.17, 15) is 13.6 Å². The lowest BCUT2D eigenvalue weighted by Crippen LogP contribution is -2.03. The van der Waals surface area contributed by atoms with Crippen LogP contribution in [0.25, 0.3) is 10.9 Å². The van der Waals surface area contributed by atoms with Crippen LogP contribution < -0.4 is 4.74 Å². The maximum absolute atomic E-state index is 12.6. The molecule has 0 spiro atoms. The molecule has 2 aromatic rings. The molecule has 2 rings (SSSR count). The summed E-state index contributed by atoms with van der Waals surface area (Å²) >= 11 is 0. The zero-order valence-electron chi connectivity index (χ0n) is 8.72. The van der Waals surface area contributed by atoms with Crippen molar-refractivity contribution in [2.45, 2.75) is 6.55 Å². The van der Waals surface area contributed by atoms with E-state index in [4.69, 9.17) is 9.84 Å². The molecule has 0 aliphatic carbocycles. The van der Waals surface area contributed by atoms with Crippen LogP contribution in [-0.4, -0.2) is 28.0 Å². The Morgan fingerprint density at radius 1 is 1.53 bits per heavy atom. The second-order valence-electron chi connectivity index (χ2n) is 3.26. The number of carbonyl (C=O) groups is 1. The number of fused-ring (bicyclic) bond motifs is 1. The summed E-state index contributed by atoms with van der Waals surface area (Å²) in [6, 6.07) is 4.18. The first kappa shape index (κ1) is 11.3. The molecule has 0 amide bonds. The topological polar surface area (TPSA) is 64.3 Å². The van der Waals surface area contributed by atoms with Crippen LogP contribution in [0.4, 0.5) is 8.78 Å². The summed E-state index contributed by atoms with van der Waals surface area (Å²) in [6.45, 7) is -2.89. The third-order valence-electron chi connectivity index (χ3n) is 2.30. The Morgan fingerprint density at radius 3 is 2.76 bits per heavy atom. The van der Waals surface area contributed by atoms with Gasteiger partial charge in [0.1, 0.15) is 5.75 Å². The predicted octanol–water partition coefficient (Wildman–Crippen LogP) is 2.14. The molecule has 0 atom stereocenters. The molecule has 0 bridgehead atoms. The standard InChI is InChI=1S/C10H8F2N2O3/c1-17-5-2-3-7-6(4-5)8(9(15)16)13-14(7)10(11)12/h2-4,10H,1H3,(H,15,16). The number of methoxy groups -OCH3 is 1. The molecule has 0 saturated carbocycles. The number of nitrogens with zero attached hydrogens (tertiary/aromatic N) is 2. The predicted molar refractivity (Wildman–Crippen MR) is 54.5 cm³/mol. The van der Waals surface area contributed by atoms with E-state index in [1.54, 1.807) is 0 Å². The molecule has 1 N–H and O–H groups in total. The smallest absolute Gasteiger partial charge is 0.357 e. The lowest BCUT2D eigenvalue weighted by molar-refractivity contribution is 0.0585. The Kier molecular flexibility index (Phi) is 2.66.